The van der Waals surface area contributed by atoms with Crippen LogP contribution < -0.4 is 5.84 Å². The molecule has 0 radical (unpaired) electrons. The summed E-state index contributed by atoms with van der Waals surface area (Å²) < 4.78 is 0. The number of hydrazone groups is 1. The number of piperidine rings is 1. The molecular formula is C13H28N4. The summed E-state index contributed by atoms with van der Waals surface area (Å²) in [7, 11) is 0. The van der Waals surface area contributed by atoms with Crippen molar-refractivity contribution >= 4 is 11.9 Å². The van der Waals surface area contributed by atoms with E-state index < -0.39 is 0 Å². The van der Waals surface area contributed by atoms with Crippen molar-refractivity contribution in [1.29, 1.82) is 0 Å². The Balaban J connectivity index is 0.00000121. The predicted molar refractivity (Wildman–Crippen MR) is 76.6 cm³/mol. The fourth-order valence-electron chi connectivity index (χ4n) is 1.86. The minimum absolute atomic E-state index is 0.776. The van der Waals surface area contributed by atoms with Gasteiger partial charge < -0.3 is 5.84 Å². The molecule has 0 saturated carbocycles. The summed E-state index contributed by atoms with van der Waals surface area (Å²) in [6, 6.07) is 0. The van der Waals surface area contributed by atoms with Crippen LogP contribution in [0.25, 0.3) is 0 Å². The highest BCUT2D eigenvalue weighted by atomic mass is 15.2. The molecule has 1 aliphatic heterocycles. The van der Waals surface area contributed by atoms with E-state index in [2.05, 4.69) is 21.9 Å². The van der Waals surface area contributed by atoms with Crippen LogP contribution in [0.1, 0.15) is 47.0 Å². The highest BCUT2D eigenvalue weighted by Gasteiger charge is 2.16. The number of hydrogen-bond donors (Lipinski definition) is 1. The van der Waals surface area contributed by atoms with Crippen molar-refractivity contribution in [3.05, 3.63) is 0 Å². The summed E-state index contributed by atoms with van der Waals surface area (Å²) in [5.41, 5.74) is 0.776. The van der Waals surface area contributed by atoms with Gasteiger partial charge in [-0.2, -0.15) is 5.10 Å². The number of nitrogens with two attached hydrogens (primary N) is 1. The van der Waals surface area contributed by atoms with E-state index in [9.17, 15) is 0 Å². The first-order chi connectivity index (χ1) is 8.26. The minimum atomic E-state index is 0.776. The Labute approximate surface area is 106 Å². The first-order valence-corrected chi connectivity index (χ1v) is 6.73. The lowest BCUT2D eigenvalue weighted by atomic mass is 9.95. The lowest BCUT2D eigenvalue weighted by molar-refractivity contribution is 0.187. The molecule has 0 bridgehead atoms. The summed E-state index contributed by atoms with van der Waals surface area (Å²) in [5, 5.41) is 3.55. The molecule has 1 rings (SSSR count). The van der Waals surface area contributed by atoms with E-state index in [4.69, 9.17) is 5.84 Å². The van der Waals surface area contributed by atoms with E-state index in [1.54, 1.807) is 6.21 Å². The van der Waals surface area contributed by atoms with Crippen molar-refractivity contribution in [3.63, 3.8) is 0 Å². The van der Waals surface area contributed by atoms with Crippen molar-refractivity contribution in [2.24, 2.45) is 21.9 Å². The first-order valence-electron chi connectivity index (χ1n) is 6.73. The van der Waals surface area contributed by atoms with Gasteiger partial charge in [0.2, 0.25) is 0 Å². The molecule has 0 aromatic carbocycles. The van der Waals surface area contributed by atoms with Crippen molar-refractivity contribution < 1.29 is 0 Å². The van der Waals surface area contributed by atoms with Gasteiger partial charge in [0.1, 0.15) is 0 Å². The second-order valence-electron chi connectivity index (χ2n) is 4.19. The minimum Gasteiger partial charge on any atom is -0.323 e. The molecule has 0 unspecified atom stereocenters. The average molecular weight is 240 g/mol. The van der Waals surface area contributed by atoms with Crippen LogP contribution in [0.5, 0.6) is 0 Å². The lowest BCUT2D eigenvalue weighted by Crippen LogP contribution is -2.33. The van der Waals surface area contributed by atoms with Crippen LogP contribution in [0, 0.1) is 5.92 Å². The predicted octanol–water partition coefficient (Wildman–Crippen LogP) is 2.50. The second-order valence-corrected chi connectivity index (χ2v) is 4.19. The zero-order valence-corrected chi connectivity index (χ0v) is 11.8. The van der Waals surface area contributed by atoms with Gasteiger partial charge in [-0.05, 0) is 25.7 Å². The molecule has 17 heavy (non-hydrogen) atoms. The summed E-state index contributed by atoms with van der Waals surface area (Å²) in [4.78, 5) is 6.69. The Morgan fingerprint density at radius 2 is 1.94 bits per heavy atom. The normalized spacial score (nSPS) is 19.2. The molecule has 1 fully saturated rings. The standard InChI is InChI=1S/C11H22N4.C2H6/c1-3-11-4-6-15(7-5-11)9-13-8-10(2)14-12;1-2/h8,11H,3-7,9,12H2,1-2H3;1-2H3/b13-8+,14-10-;. The van der Waals surface area contributed by atoms with Gasteiger partial charge in [0, 0.05) is 19.3 Å². The second kappa shape index (κ2) is 10.3. The van der Waals surface area contributed by atoms with Crippen LogP contribution in [0.3, 0.4) is 0 Å². The molecule has 0 aromatic heterocycles. The fourth-order valence-corrected chi connectivity index (χ4v) is 1.86. The van der Waals surface area contributed by atoms with Gasteiger partial charge in [-0.3, -0.25) is 9.89 Å². The molecule has 2 N–H and O–H groups in total. The Bertz CT molecular complexity index is 228. The van der Waals surface area contributed by atoms with Crippen molar-refractivity contribution in [3.8, 4) is 0 Å². The number of hydrogen-bond acceptors (Lipinski definition) is 4. The van der Waals surface area contributed by atoms with E-state index in [1.165, 1.54) is 32.4 Å². The Hall–Kier alpha value is -0.900. The number of aliphatic imine (C=N–C) groups is 1. The molecule has 1 aliphatic rings. The molecule has 0 aromatic rings. The number of nitrogens with zero attached hydrogens (tertiary/aromatic N) is 3. The molecule has 0 atom stereocenters. The van der Waals surface area contributed by atoms with Crippen LogP contribution in [0.4, 0.5) is 0 Å². The zero-order chi connectivity index (χ0) is 13.1. The van der Waals surface area contributed by atoms with Crippen LogP contribution in [0.15, 0.2) is 10.1 Å². The average Bonchev–Trinajstić information content (AvgIpc) is 2.41. The van der Waals surface area contributed by atoms with E-state index in [0.29, 0.717) is 0 Å². The van der Waals surface area contributed by atoms with E-state index in [0.717, 1.165) is 18.3 Å². The van der Waals surface area contributed by atoms with Crippen LogP contribution in [-0.2, 0) is 0 Å². The smallest absolute Gasteiger partial charge is 0.0910 e. The van der Waals surface area contributed by atoms with Crippen LogP contribution >= 0.6 is 0 Å². The molecule has 0 aliphatic carbocycles. The van der Waals surface area contributed by atoms with Gasteiger partial charge in [-0.1, -0.05) is 27.2 Å². The summed E-state index contributed by atoms with van der Waals surface area (Å²) in [6.45, 7) is 11.3. The van der Waals surface area contributed by atoms with Crippen molar-refractivity contribution in [2.45, 2.75) is 47.0 Å². The monoisotopic (exact) mass is 240 g/mol. The lowest BCUT2D eigenvalue weighted by Gasteiger charge is -2.29. The van der Waals surface area contributed by atoms with Gasteiger partial charge in [0.15, 0.2) is 0 Å². The molecule has 4 heteroatoms. The third-order valence-corrected chi connectivity index (χ3v) is 3.05. The molecule has 4 nitrogen and oxygen atoms in total. The third kappa shape index (κ3) is 7.10. The van der Waals surface area contributed by atoms with E-state index >= 15 is 0 Å². The molecule has 1 saturated heterocycles. The molecule has 1 heterocycles. The van der Waals surface area contributed by atoms with Crippen LogP contribution in [-0.4, -0.2) is 36.6 Å². The largest absolute Gasteiger partial charge is 0.323 e. The van der Waals surface area contributed by atoms with Crippen molar-refractivity contribution in [1.82, 2.24) is 4.90 Å². The third-order valence-electron chi connectivity index (χ3n) is 3.05. The molecule has 100 valence electrons. The highest BCUT2D eigenvalue weighted by Crippen LogP contribution is 2.19. The maximum atomic E-state index is 5.11. The van der Waals surface area contributed by atoms with Gasteiger partial charge >= 0.3 is 0 Å². The Morgan fingerprint density at radius 3 is 2.41 bits per heavy atom. The maximum Gasteiger partial charge on any atom is 0.0910 e. The first kappa shape index (κ1) is 16.1. The fraction of sp³-hybridized carbons (Fsp3) is 0.846. The molecular weight excluding hydrogens is 212 g/mol. The number of likely N-dealkylation sites (tertiary alicyclic amines) is 1. The van der Waals surface area contributed by atoms with Gasteiger partial charge in [0.05, 0.1) is 12.4 Å². The van der Waals surface area contributed by atoms with Gasteiger partial charge in [0.25, 0.3) is 0 Å². The summed E-state index contributed by atoms with van der Waals surface area (Å²) in [6.07, 6.45) is 5.69. The maximum absolute atomic E-state index is 5.11. The highest BCUT2D eigenvalue weighted by molar-refractivity contribution is 6.29. The van der Waals surface area contributed by atoms with Crippen LogP contribution in [0.2, 0.25) is 0 Å². The molecule has 0 amide bonds. The molecule has 0 spiro atoms. The van der Waals surface area contributed by atoms with Gasteiger partial charge in [-0.25, -0.2) is 0 Å². The Morgan fingerprint density at radius 1 is 1.35 bits per heavy atom. The van der Waals surface area contributed by atoms with Gasteiger partial charge in [-0.15, -0.1) is 0 Å². The quantitative estimate of drug-likeness (QED) is 0.466. The Kier molecular flexibility index (Phi) is 9.72. The van der Waals surface area contributed by atoms with Crippen molar-refractivity contribution in [2.75, 3.05) is 19.8 Å². The summed E-state index contributed by atoms with van der Waals surface area (Å²) in [5.74, 6) is 6.04. The SMILES string of the molecule is CC.CCC1CCN(C/N=C/C(C)=N\N)CC1. The van der Waals surface area contributed by atoms with E-state index in [-0.39, 0.29) is 0 Å². The van der Waals surface area contributed by atoms with E-state index in [1.807, 2.05) is 20.8 Å². The number of rotatable bonds is 4. The summed E-state index contributed by atoms with van der Waals surface area (Å²) >= 11 is 0. The topological polar surface area (TPSA) is 54.0 Å². The zero-order valence-electron chi connectivity index (χ0n) is 11.8.